The third-order valence-electron chi connectivity index (χ3n) is 3.86. The van der Waals surface area contributed by atoms with Gasteiger partial charge >= 0.3 is 0 Å². The Balaban J connectivity index is 0.00000192. The summed E-state index contributed by atoms with van der Waals surface area (Å²) in [5.41, 5.74) is 2.06. The number of anilines is 1. The Morgan fingerprint density at radius 3 is 2.96 bits per heavy atom. The zero-order chi connectivity index (χ0) is 15.5. The molecule has 2 N–H and O–H groups in total. The summed E-state index contributed by atoms with van der Waals surface area (Å²) >= 11 is 6.14. The van der Waals surface area contributed by atoms with Gasteiger partial charge in [-0.3, -0.25) is 9.48 Å². The van der Waals surface area contributed by atoms with Gasteiger partial charge in [0.2, 0.25) is 0 Å². The quantitative estimate of drug-likeness (QED) is 0.887. The van der Waals surface area contributed by atoms with Crippen molar-refractivity contribution in [1.29, 1.82) is 0 Å². The molecule has 1 aliphatic rings. The second kappa shape index (κ2) is 7.81. The SMILES string of the molecule is Cc1ccc(NC(=O)c2ccn(C3CCCNC3)n2)c(Cl)c1.Cl. The lowest BCUT2D eigenvalue weighted by Gasteiger charge is -2.22. The molecule has 0 saturated carbocycles. The number of carbonyl (C=O) groups is 1. The fraction of sp³-hybridized carbons (Fsp3) is 0.375. The minimum atomic E-state index is -0.242. The average molecular weight is 355 g/mol. The Morgan fingerprint density at radius 2 is 2.26 bits per heavy atom. The van der Waals surface area contributed by atoms with E-state index in [0.29, 0.717) is 22.4 Å². The van der Waals surface area contributed by atoms with Crippen LogP contribution < -0.4 is 10.6 Å². The van der Waals surface area contributed by atoms with Gasteiger partial charge in [-0.2, -0.15) is 5.10 Å². The van der Waals surface area contributed by atoms with E-state index in [4.69, 9.17) is 11.6 Å². The van der Waals surface area contributed by atoms with E-state index in [0.717, 1.165) is 31.5 Å². The number of nitrogens with one attached hydrogen (secondary N) is 2. The summed E-state index contributed by atoms with van der Waals surface area (Å²) in [7, 11) is 0. The van der Waals surface area contributed by atoms with Crippen LogP contribution in [0.1, 0.15) is 34.9 Å². The van der Waals surface area contributed by atoms with Crippen LogP contribution >= 0.6 is 24.0 Å². The molecular weight excluding hydrogens is 335 g/mol. The molecule has 0 spiro atoms. The Kier molecular flexibility index (Phi) is 6.04. The minimum absolute atomic E-state index is 0. The van der Waals surface area contributed by atoms with Crippen LogP contribution in [0.15, 0.2) is 30.5 Å². The Hall–Kier alpha value is -1.56. The number of hydrogen-bond acceptors (Lipinski definition) is 3. The topological polar surface area (TPSA) is 59.0 Å². The van der Waals surface area contributed by atoms with Crippen LogP contribution in [0.25, 0.3) is 0 Å². The van der Waals surface area contributed by atoms with Crippen molar-refractivity contribution in [2.75, 3.05) is 18.4 Å². The smallest absolute Gasteiger partial charge is 0.276 e. The predicted octanol–water partition coefficient (Wildman–Crippen LogP) is 3.44. The summed E-state index contributed by atoms with van der Waals surface area (Å²) < 4.78 is 1.87. The molecular formula is C16H20Cl2N4O. The van der Waals surface area contributed by atoms with Crippen molar-refractivity contribution in [3.8, 4) is 0 Å². The second-order valence-electron chi connectivity index (χ2n) is 5.62. The number of aryl methyl sites for hydroxylation is 1. The Bertz CT molecular complexity index is 680. The molecule has 1 atom stereocenters. The third kappa shape index (κ3) is 4.25. The molecule has 1 aromatic carbocycles. The van der Waals surface area contributed by atoms with Crippen molar-refractivity contribution in [2.24, 2.45) is 0 Å². The molecule has 0 bridgehead atoms. The molecule has 1 aromatic heterocycles. The van der Waals surface area contributed by atoms with Crippen LogP contribution in [-0.2, 0) is 0 Å². The molecule has 5 nitrogen and oxygen atoms in total. The highest BCUT2D eigenvalue weighted by molar-refractivity contribution is 6.34. The maximum Gasteiger partial charge on any atom is 0.276 e. The summed E-state index contributed by atoms with van der Waals surface area (Å²) in [5.74, 6) is -0.242. The van der Waals surface area contributed by atoms with Crippen LogP contribution in [0.5, 0.6) is 0 Å². The first-order valence-corrected chi connectivity index (χ1v) is 7.84. The van der Waals surface area contributed by atoms with E-state index >= 15 is 0 Å². The minimum Gasteiger partial charge on any atom is -0.319 e. The van der Waals surface area contributed by atoms with Crippen molar-refractivity contribution >= 4 is 35.6 Å². The number of aromatic nitrogens is 2. The van der Waals surface area contributed by atoms with Gasteiger partial charge in [-0.15, -0.1) is 12.4 Å². The number of carbonyl (C=O) groups excluding carboxylic acids is 1. The van der Waals surface area contributed by atoms with Gasteiger partial charge < -0.3 is 10.6 Å². The molecule has 0 radical (unpaired) electrons. The number of rotatable bonds is 3. The molecule has 7 heteroatoms. The average Bonchev–Trinajstić information content (AvgIpc) is 3.01. The summed E-state index contributed by atoms with van der Waals surface area (Å²) in [6.45, 7) is 3.90. The van der Waals surface area contributed by atoms with Crippen LogP contribution in [0, 0.1) is 6.92 Å². The summed E-state index contributed by atoms with van der Waals surface area (Å²) in [5, 5.41) is 11.1. The van der Waals surface area contributed by atoms with Crippen LogP contribution in [-0.4, -0.2) is 28.8 Å². The van der Waals surface area contributed by atoms with Crippen molar-refractivity contribution in [2.45, 2.75) is 25.8 Å². The number of amides is 1. The van der Waals surface area contributed by atoms with Crippen molar-refractivity contribution in [1.82, 2.24) is 15.1 Å². The third-order valence-corrected chi connectivity index (χ3v) is 4.17. The maximum atomic E-state index is 12.3. The van der Waals surface area contributed by atoms with E-state index in [1.807, 2.05) is 29.9 Å². The monoisotopic (exact) mass is 354 g/mol. The Labute approximate surface area is 146 Å². The standard InChI is InChI=1S/C16H19ClN4O.ClH/c1-11-4-5-14(13(17)9-11)19-16(22)15-6-8-21(20-15)12-3-2-7-18-10-12;/h4-6,8-9,12,18H,2-3,7,10H2,1H3,(H,19,22);1H. The van der Waals surface area contributed by atoms with Gasteiger partial charge in [0.05, 0.1) is 16.8 Å². The van der Waals surface area contributed by atoms with Crippen molar-refractivity contribution in [3.63, 3.8) is 0 Å². The van der Waals surface area contributed by atoms with Crippen LogP contribution in [0.4, 0.5) is 5.69 Å². The predicted molar refractivity (Wildman–Crippen MR) is 94.8 cm³/mol. The molecule has 1 unspecified atom stereocenters. The van der Waals surface area contributed by atoms with E-state index in [1.54, 1.807) is 12.1 Å². The Morgan fingerprint density at radius 1 is 1.43 bits per heavy atom. The fourth-order valence-corrected chi connectivity index (χ4v) is 2.91. The zero-order valence-corrected chi connectivity index (χ0v) is 14.5. The molecule has 2 aromatic rings. The highest BCUT2D eigenvalue weighted by atomic mass is 35.5. The first-order chi connectivity index (χ1) is 10.6. The van der Waals surface area contributed by atoms with Crippen molar-refractivity contribution in [3.05, 3.63) is 46.7 Å². The van der Waals surface area contributed by atoms with Crippen LogP contribution in [0.3, 0.4) is 0 Å². The molecule has 23 heavy (non-hydrogen) atoms. The molecule has 1 aliphatic heterocycles. The molecule has 1 saturated heterocycles. The number of halogens is 2. The van der Waals surface area contributed by atoms with Gasteiger partial charge in [0.15, 0.2) is 5.69 Å². The highest BCUT2D eigenvalue weighted by Gasteiger charge is 2.18. The van der Waals surface area contributed by atoms with E-state index in [9.17, 15) is 4.79 Å². The van der Waals surface area contributed by atoms with E-state index in [1.165, 1.54) is 0 Å². The molecule has 124 valence electrons. The van der Waals surface area contributed by atoms with Crippen LogP contribution in [0.2, 0.25) is 5.02 Å². The van der Waals surface area contributed by atoms with Crippen molar-refractivity contribution < 1.29 is 4.79 Å². The number of benzene rings is 1. The van der Waals surface area contributed by atoms with E-state index in [-0.39, 0.29) is 18.3 Å². The molecule has 2 heterocycles. The highest BCUT2D eigenvalue weighted by Crippen LogP contribution is 2.23. The lowest BCUT2D eigenvalue weighted by Crippen LogP contribution is -2.32. The number of hydrogen-bond donors (Lipinski definition) is 2. The second-order valence-corrected chi connectivity index (χ2v) is 6.03. The number of nitrogens with zero attached hydrogens (tertiary/aromatic N) is 2. The molecule has 1 amide bonds. The largest absolute Gasteiger partial charge is 0.319 e. The van der Waals surface area contributed by atoms with Gasteiger partial charge in [0, 0.05) is 12.7 Å². The molecule has 1 fully saturated rings. The molecule has 0 aliphatic carbocycles. The summed E-state index contributed by atoms with van der Waals surface area (Å²) in [6.07, 6.45) is 4.08. The van der Waals surface area contributed by atoms with Gasteiger partial charge in [0.1, 0.15) is 0 Å². The first kappa shape index (κ1) is 17.8. The summed E-state index contributed by atoms with van der Waals surface area (Å²) in [4.78, 5) is 12.3. The van der Waals surface area contributed by atoms with Gasteiger partial charge in [0.25, 0.3) is 5.91 Å². The van der Waals surface area contributed by atoms with E-state index in [2.05, 4.69) is 15.7 Å². The maximum absolute atomic E-state index is 12.3. The zero-order valence-electron chi connectivity index (χ0n) is 12.9. The van der Waals surface area contributed by atoms with Gasteiger partial charge in [-0.25, -0.2) is 0 Å². The normalized spacial score (nSPS) is 17.4. The number of piperidine rings is 1. The fourth-order valence-electron chi connectivity index (χ4n) is 2.63. The summed E-state index contributed by atoms with van der Waals surface area (Å²) in [6, 6.07) is 7.60. The van der Waals surface area contributed by atoms with Gasteiger partial charge in [-0.05, 0) is 50.1 Å². The van der Waals surface area contributed by atoms with E-state index < -0.39 is 0 Å². The first-order valence-electron chi connectivity index (χ1n) is 7.47. The lowest BCUT2D eigenvalue weighted by molar-refractivity contribution is 0.102. The molecule has 3 rings (SSSR count). The van der Waals surface area contributed by atoms with Gasteiger partial charge in [-0.1, -0.05) is 17.7 Å². The lowest BCUT2D eigenvalue weighted by atomic mass is 10.1.